The van der Waals surface area contributed by atoms with Crippen molar-refractivity contribution < 1.29 is 4.79 Å². The molecule has 0 aliphatic heterocycles. The smallest absolute Gasteiger partial charge is 0.283 e. The van der Waals surface area contributed by atoms with Gasteiger partial charge < -0.3 is 4.98 Å². The molecule has 0 spiro atoms. The zero-order valence-electron chi connectivity index (χ0n) is 18.9. The van der Waals surface area contributed by atoms with E-state index in [0.717, 1.165) is 39.1 Å². The van der Waals surface area contributed by atoms with Gasteiger partial charge in [0.15, 0.2) is 5.16 Å². The molecule has 5 rings (SSSR count). The number of carbonyl (C=O) groups is 1. The van der Waals surface area contributed by atoms with Crippen LogP contribution in [0.5, 0.6) is 0 Å². The van der Waals surface area contributed by atoms with Crippen molar-refractivity contribution in [3.05, 3.63) is 69.0 Å². The Labute approximate surface area is 203 Å². The lowest BCUT2D eigenvalue weighted by Crippen LogP contribution is -2.23. The maximum atomic E-state index is 13.7. The standard InChI is InChI=1S/C24H22N6O2S2/c1-4-19-28-29-23(34-19)26-18(31)12-33-24-27-20-15-7-5-6-8-16(15)25-21(20)22(32)30(24)17-11-13(2)9-10-14(17)3/h5-11,25H,4,12H2,1-3H3,(H,26,29,31). The van der Waals surface area contributed by atoms with Crippen molar-refractivity contribution in [2.75, 3.05) is 11.1 Å². The number of nitrogens with one attached hydrogen (secondary N) is 2. The highest BCUT2D eigenvalue weighted by atomic mass is 32.2. The van der Waals surface area contributed by atoms with Gasteiger partial charge in [-0.15, -0.1) is 10.2 Å². The molecule has 5 aromatic rings. The highest BCUT2D eigenvalue weighted by Crippen LogP contribution is 2.28. The zero-order valence-corrected chi connectivity index (χ0v) is 20.5. The Bertz CT molecular complexity index is 1600. The summed E-state index contributed by atoms with van der Waals surface area (Å²) in [6, 6.07) is 13.6. The van der Waals surface area contributed by atoms with Crippen LogP contribution in [0.25, 0.3) is 27.6 Å². The minimum atomic E-state index is -0.232. The van der Waals surface area contributed by atoms with Gasteiger partial charge in [-0.1, -0.05) is 60.4 Å². The van der Waals surface area contributed by atoms with Crippen LogP contribution in [-0.4, -0.2) is 36.4 Å². The first-order chi connectivity index (χ1) is 16.4. The summed E-state index contributed by atoms with van der Waals surface area (Å²) < 4.78 is 1.60. The first-order valence-electron chi connectivity index (χ1n) is 10.8. The molecule has 0 unspecified atom stereocenters. The third-order valence-corrected chi connectivity index (χ3v) is 7.37. The van der Waals surface area contributed by atoms with E-state index >= 15 is 0 Å². The monoisotopic (exact) mass is 490 g/mol. The maximum Gasteiger partial charge on any atom is 0.283 e. The van der Waals surface area contributed by atoms with Crippen molar-refractivity contribution in [1.82, 2.24) is 24.7 Å². The van der Waals surface area contributed by atoms with E-state index in [9.17, 15) is 9.59 Å². The molecule has 3 heterocycles. The number of thioether (sulfide) groups is 1. The molecule has 0 fully saturated rings. The predicted molar refractivity (Wildman–Crippen MR) is 137 cm³/mol. The molecule has 8 nitrogen and oxygen atoms in total. The average Bonchev–Trinajstić information content (AvgIpc) is 3.44. The van der Waals surface area contributed by atoms with Crippen LogP contribution < -0.4 is 10.9 Å². The predicted octanol–water partition coefficient (Wildman–Crippen LogP) is 4.63. The van der Waals surface area contributed by atoms with Gasteiger partial charge in [-0.3, -0.25) is 19.5 Å². The Morgan fingerprint density at radius 1 is 1.18 bits per heavy atom. The number of aromatic nitrogens is 5. The summed E-state index contributed by atoms with van der Waals surface area (Å²) >= 11 is 2.57. The van der Waals surface area contributed by atoms with Crippen LogP contribution >= 0.6 is 23.1 Å². The lowest BCUT2D eigenvalue weighted by atomic mass is 10.1. The van der Waals surface area contributed by atoms with Crippen molar-refractivity contribution >= 4 is 56.1 Å². The van der Waals surface area contributed by atoms with Crippen LogP contribution in [0.3, 0.4) is 0 Å². The summed E-state index contributed by atoms with van der Waals surface area (Å²) in [5.41, 5.74) is 4.40. The molecule has 2 aromatic carbocycles. The molecule has 0 bridgehead atoms. The Kier molecular flexibility index (Phi) is 5.93. The Balaban J connectivity index is 1.58. The molecule has 0 saturated heterocycles. The van der Waals surface area contributed by atoms with Crippen LogP contribution in [0, 0.1) is 13.8 Å². The molecule has 0 aliphatic rings. The fourth-order valence-corrected chi connectivity index (χ4v) is 5.24. The van der Waals surface area contributed by atoms with Gasteiger partial charge in [0, 0.05) is 10.9 Å². The number of hydrogen-bond donors (Lipinski definition) is 2. The van der Waals surface area contributed by atoms with Crippen molar-refractivity contribution in [1.29, 1.82) is 0 Å². The third-order valence-electron chi connectivity index (χ3n) is 5.45. The van der Waals surface area contributed by atoms with Crippen LogP contribution in [-0.2, 0) is 11.2 Å². The van der Waals surface area contributed by atoms with E-state index in [4.69, 9.17) is 4.98 Å². The van der Waals surface area contributed by atoms with Gasteiger partial charge in [-0.05, 0) is 43.5 Å². The van der Waals surface area contributed by atoms with Gasteiger partial charge in [0.05, 0.1) is 11.4 Å². The molecule has 2 N–H and O–H groups in total. The Hall–Kier alpha value is -3.50. The summed E-state index contributed by atoms with van der Waals surface area (Å²) in [5, 5.41) is 13.5. The first kappa shape index (κ1) is 22.3. The fraction of sp³-hybridized carbons (Fsp3) is 0.208. The summed E-state index contributed by atoms with van der Waals surface area (Å²) in [5.74, 6) is -0.156. The van der Waals surface area contributed by atoms with Crippen molar-refractivity contribution in [3.63, 3.8) is 0 Å². The van der Waals surface area contributed by atoms with Crippen molar-refractivity contribution in [3.8, 4) is 5.69 Å². The molecule has 0 radical (unpaired) electrons. The zero-order chi connectivity index (χ0) is 23.8. The number of nitrogens with zero attached hydrogens (tertiary/aromatic N) is 4. The van der Waals surface area contributed by atoms with Gasteiger partial charge in [-0.25, -0.2) is 4.98 Å². The second-order valence-corrected chi connectivity index (χ2v) is 9.92. The van der Waals surface area contributed by atoms with Crippen LogP contribution in [0.1, 0.15) is 23.1 Å². The van der Waals surface area contributed by atoms with Gasteiger partial charge in [0.25, 0.3) is 5.56 Å². The van der Waals surface area contributed by atoms with Crippen LogP contribution in [0.15, 0.2) is 52.4 Å². The SMILES string of the molecule is CCc1nnc(NC(=O)CSc2nc3c([nH]c4ccccc43)c(=O)n2-c2cc(C)ccc2C)s1. The average molecular weight is 491 g/mol. The van der Waals surface area contributed by atoms with E-state index in [2.05, 4.69) is 20.5 Å². The highest BCUT2D eigenvalue weighted by molar-refractivity contribution is 7.99. The first-order valence-corrected chi connectivity index (χ1v) is 12.6. The van der Waals surface area contributed by atoms with Crippen molar-refractivity contribution in [2.45, 2.75) is 32.3 Å². The summed E-state index contributed by atoms with van der Waals surface area (Å²) in [4.78, 5) is 34.4. The number of aryl methyl sites for hydroxylation is 3. The number of carbonyl (C=O) groups excluding carboxylic acids is 1. The van der Waals surface area contributed by atoms with E-state index < -0.39 is 0 Å². The Morgan fingerprint density at radius 3 is 2.79 bits per heavy atom. The quantitative estimate of drug-likeness (QED) is 0.266. The normalized spacial score (nSPS) is 11.4. The summed E-state index contributed by atoms with van der Waals surface area (Å²) in [7, 11) is 0. The number of benzene rings is 2. The van der Waals surface area contributed by atoms with E-state index in [1.807, 2.05) is 63.2 Å². The van der Waals surface area contributed by atoms with E-state index in [-0.39, 0.29) is 17.2 Å². The number of rotatable bonds is 6. The van der Waals surface area contributed by atoms with Crippen molar-refractivity contribution in [2.24, 2.45) is 0 Å². The second-order valence-electron chi connectivity index (χ2n) is 7.91. The molecule has 0 saturated carbocycles. The van der Waals surface area contributed by atoms with Gasteiger partial charge in [-0.2, -0.15) is 0 Å². The molecule has 1 amide bonds. The number of para-hydroxylation sites is 1. The summed E-state index contributed by atoms with van der Waals surface area (Å²) in [6.45, 7) is 5.93. The molecular formula is C24H22N6O2S2. The van der Waals surface area contributed by atoms with E-state index in [1.54, 1.807) is 4.57 Å². The minimum Gasteiger partial charge on any atom is -0.349 e. The van der Waals surface area contributed by atoms with Gasteiger partial charge >= 0.3 is 0 Å². The fourth-order valence-electron chi connectivity index (χ4n) is 3.74. The molecule has 10 heteroatoms. The molecule has 0 atom stereocenters. The third kappa shape index (κ3) is 4.10. The topological polar surface area (TPSA) is 106 Å². The molecule has 34 heavy (non-hydrogen) atoms. The highest BCUT2D eigenvalue weighted by Gasteiger charge is 2.19. The number of aromatic amines is 1. The lowest BCUT2D eigenvalue weighted by molar-refractivity contribution is -0.113. The largest absolute Gasteiger partial charge is 0.349 e. The molecule has 172 valence electrons. The molecule has 3 aromatic heterocycles. The minimum absolute atomic E-state index is 0.0756. The number of hydrogen-bond acceptors (Lipinski definition) is 7. The molecule has 0 aliphatic carbocycles. The second kappa shape index (κ2) is 9.03. The van der Waals surface area contributed by atoms with Gasteiger partial charge in [0.2, 0.25) is 11.0 Å². The van der Waals surface area contributed by atoms with E-state index in [1.165, 1.54) is 23.1 Å². The van der Waals surface area contributed by atoms with Gasteiger partial charge in [0.1, 0.15) is 16.0 Å². The summed E-state index contributed by atoms with van der Waals surface area (Å²) in [6.07, 6.45) is 0.763. The van der Waals surface area contributed by atoms with Crippen LogP contribution in [0.2, 0.25) is 0 Å². The van der Waals surface area contributed by atoms with E-state index in [0.29, 0.717) is 21.3 Å². The Morgan fingerprint density at radius 2 is 2.00 bits per heavy atom. The number of amides is 1. The maximum absolute atomic E-state index is 13.7. The number of anilines is 1. The number of H-pyrrole nitrogens is 1. The van der Waals surface area contributed by atoms with Crippen LogP contribution in [0.4, 0.5) is 5.13 Å². The molecular weight excluding hydrogens is 468 g/mol. The number of fused-ring (bicyclic) bond motifs is 3. The lowest BCUT2D eigenvalue weighted by Gasteiger charge is -2.15.